The molecular weight excluding hydrogens is 352 g/mol. The molecule has 0 radical (unpaired) electrons. The van der Waals surface area contributed by atoms with Crippen LogP contribution in [-0.2, 0) is 14.8 Å². The molecule has 2 aromatic rings. The summed E-state index contributed by atoms with van der Waals surface area (Å²) in [6.45, 7) is 3.45. The number of amides is 2. The smallest absolute Gasteiger partial charge is 0.251 e. The number of nitrogens with one attached hydrogen (secondary N) is 1. The second-order valence-electron chi connectivity index (χ2n) is 6.44. The predicted octanol–water partition coefficient (Wildman–Crippen LogP) is 2.49. The van der Waals surface area contributed by atoms with E-state index in [4.69, 9.17) is 0 Å². The molecule has 6 nitrogen and oxygen atoms in total. The third kappa shape index (κ3) is 3.48. The van der Waals surface area contributed by atoms with E-state index >= 15 is 0 Å². The molecule has 0 saturated carbocycles. The lowest BCUT2D eigenvalue weighted by Gasteiger charge is -2.17. The first kappa shape index (κ1) is 18.1. The van der Waals surface area contributed by atoms with Gasteiger partial charge in [0.1, 0.15) is 0 Å². The largest absolute Gasteiger partial charge is 0.346 e. The first-order valence-corrected chi connectivity index (χ1v) is 9.93. The van der Waals surface area contributed by atoms with E-state index in [-0.39, 0.29) is 23.4 Å². The van der Waals surface area contributed by atoms with Crippen LogP contribution in [0.5, 0.6) is 0 Å². The molecule has 0 aromatic heterocycles. The van der Waals surface area contributed by atoms with E-state index < -0.39 is 21.8 Å². The van der Waals surface area contributed by atoms with E-state index in [0.717, 1.165) is 9.87 Å². The molecule has 2 atom stereocenters. The maximum absolute atomic E-state index is 12.5. The average Bonchev–Trinajstić information content (AvgIpc) is 2.82. The molecule has 136 valence electrons. The zero-order valence-electron chi connectivity index (χ0n) is 14.5. The summed E-state index contributed by atoms with van der Waals surface area (Å²) in [5.74, 6) is -1.61. The Labute approximate surface area is 152 Å². The van der Waals surface area contributed by atoms with Crippen LogP contribution in [0.1, 0.15) is 35.8 Å². The fourth-order valence-corrected chi connectivity index (χ4v) is 4.78. The van der Waals surface area contributed by atoms with E-state index in [2.05, 4.69) is 5.32 Å². The molecule has 1 heterocycles. The van der Waals surface area contributed by atoms with Gasteiger partial charge in [-0.1, -0.05) is 43.3 Å². The van der Waals surface area contributed by atoms with Crippen LogP contribution >= 0.6 is 0 Å². The van der Waals surface area contributed by atoms with Crippen LogP contribution in [0.25, 0.3) is 0 Å². The van der Waals surface area contributed by atoms with Crippen molar-refractivity contribution in [2.45, 2.75) is 19.9 Å². The Kier molecular flexibility index (Phi) is 4.82. The third-order valence-electron chi connectivity index (χ3n) is 4.35. The van der Waals surface area contributed by atoms with Crippen molar-refractivity contribution in [1.29, 1.82) is 0 Å². The van der Waals surface area contributed by atoms with Gasteiger partial charge < -0.3 is 5.32 Å². The summed E-state index contributed by atoms with van der Waals surface area (Å²) in [5, 5.41) is 2.88. The van der Waals surface area contributed by atoms with Gasteiger partial charge in [-0.25, -0.2) is 12.7 Å². The molecule has 0 aliphatic carbocycles. The van der Waals surface area contributed by atoms with Crippen LogP contribution < -0.4 is 9.62 Å². The summed E-state index contributed by atoms with van der Waals surface area (Å²) < 4.78 is 25.3. The molecule has 2 aromatic carbocycles. The van der Waals surface area contributed by atoms with Crippen LogP contribution in [0.3, 0.4) is 0 Å². The summed E-state index contributed by atoms with van der Waals surface area (Å²) in [7, 11) is -3.69. The summed E-state index contributed by atoms with van der Waals surface area (Å²) in [6, 6.07) is 15.4. The molecule has 1 aliphatic rings. The quantitative estimate of drug-likeness (QED) is 0.894. The van der Waals surface area contributed by atoms with Gasteiger partial charge in [-0.3, -0.25) is 9.59 Å². The summed E-state index contributed by atoms with van der Waals surface area (Å²) in [6.07, 6.45) is 0. The van der Waals surface area contributed by atoms with Crippen molar-refractivity contribution in [2.75, 3.05) is 10.1 Å². The first-order valence-electron chi connectivity index (χ1n) is 8.32. The minimum atomic E-state index is -3.69. The fourth-order valence-electron chi connectivity index (χ4n) is 2.97. The van der Waals surface area contributed by atoms with Gasteiger partial charge in [-0.15, -0.1) is 0 Å². The number of rotatable bonds is 4. The van der Waals surface area contributed by atoms with Crippen molar-refractivity contribution in [3.8, 4) is 0 Å². The highest BCUT2D eigenvalue weighted by Crippen LogP contribution is 2.28. The molecule has 1 fully saturated rings. The Morgan fingerprint density at radius 1 is 1.15 bits per heavy atom. The molecule has 1 aliphatic heterocycles. The Balaban J connectivity index is 1.83. The third-order valence-corrected chi connectivity index (χ3v) is 6.22. The molecule has 1 saturated heterocycles. The lowest BCUT2D eigenvalue weighted by Crippen LogP contribution is -2.31. The van der Waals surface area contributed by atoms with Gasteiger partial charge in [0, 0.05) is 5.56 Å². The summed E-state index contributed by atoms with van der Waals surface area (Å²) >= 11 is 0. The van der Waals surface area contributed by atoms with E-state index in [1.165, 1.54) is 12.1 Å². The zero-order valence-corrected chi connectivity index (χ0v) is 15.4. The zero-order chi connectivity index (χ0) is 18.9. The van der Waals surface area contributed by atoms with E-state index in [1.807, 2.05) is 37.3 Å². The van der Waals surface area contributed by atoms with E-state index in [9.17, 15) is 18.0 Å². The van der Waals surface area contributed by atoms with Crippen molar-refractivity contribution in [3.63, 3.8) is 0 Å². The standard InChI is InChI=1S/C19H20N2O4S/c1-13-12-26(24,25)21(19(13)23)17-10-6-9-16(11-17)18(22)20-14(2)15-7-4-3-5-8-15/h3-11,13-14H,12H2,1-2H3,(H,20,22)/t13-,14+/m1/s1. The minimum Gasteiger partial charge on any atom is -0.346 e. The van der Waals surface area contributed by atoms with Crippen LogP contribution in [-0.4, -0.2) is 26.0 Å². The number of carbonyl (C=O) groups excluding carboxylic acids is 2. The average molecular weight is 372 g/mol. The monoisotopic (exact) mass is 372 g/mol. The lowest BCUT2D eigenvalue weighted by atomic mass is 10.1. The maximum Gasteiger partial charge on any atom is 0.251 e. The number of hydrogen-bond acceptors (Lipinski definition) is 4. The van der Waals surface area contributed by atoms with Crippen molar-refractivity contribution in [1.82, 2.24) is 5.32 Å². The SMILES string of the molecule is C[C@@H]1CS(=O)(=O)N(c2cccc(C(=O)N[C@@H](C)c3ccccc3)c2)C1=O. The molecule has 7 heteroatoms. The molecule has 26 heavy (non-hydrogen) atoms. The second kappa shape index (κ2) is 6.92. The van der Waals surface area contributed by atoms with Crippen LogP contribution in [0.4, 0.5) is 5.69 Å². The molecular formula is C19H20N2O4S. The van der Waals surface area contributed by atoms with Crippen LogP contribution in [0.2, 0.25) is 0 Å². The minimum absolute atomic E-state index is 0.194. The second-order valence-corrected chi connectivity index (χ2v) is 8.30. The Hall–Kier alpha value is -2.67. The van der Waals surface area contributed by atoms with Crippen LogP contribution in [0, 0.1) is 5.92 Å². The Morgan fingerprint density at radius 3 is 2.46 bits per heavy atom. The Bertz CT molecular complexity index is 941. The van der Waals surface area contributed by atoms with Gasteiger partial charge in [-0.2, -0.15) is 0 Å². The fraction of sp³-hybridized carbons (Fsp3) is 0.263. The highest BCUT2D eigenvalue weighted by molar-refractivity contribution is 7.94. The summed E-state index contributed by atoms with van der Waals surface area (Å²) in [5.41, 5.74) is 1.45. The number of benzene rings is 2. The highest BCUT2D eigenvalue weighted by atomic mass is 32.2. The van der Waals surface area contributed by atoms with Gasteiger partial charge >= 0.3 is 0 Å². The lowest BCUT2D eigenvalue weighted by molar-refractivity contribution is -0.119. The molecule has 2 amide bonds. The topological polar surface area (TPSA) is 83.6 Å². The van der Waals surface area contributed by atoms with Gasteiger partial charge in [0.05, 0.1) is 23.4 Å². The summed E-state index contributed by atoms with van der Waals surface area (Å²) in [4.78, 5) is 24.8. The number of anilines is 1. The van der Waals surface area contributed by atoms with Gasteiger partial charge in [0.25, 0.3) is 5.91 Å². The van der Waals surface area contributed by atoms with Crippen molar-refractivity contribution in [2.24, 2.45) is 5.92 Å². The molecule has 0 bridgehead atoms. The molecule has 0 unspecified atom stereocenters. The van der Waals surface area contributed by atoms with Crippen molar-refractivity contribution < 1.29 is 18.0 Å². The molecule has 0 spiro atoms. The first-order chi connectivity index (χ1) is 12.3. The van der Waals surface area contributed by atoms with Gasteiger partial charge in [0.2, 0.25) is 15.9 Å². The number of carbonyl (C=O) groups is 2. The predicted molar refractivity (Wildman–Crippen MR) is 99.2 cm³/mol. The van der Waals surface area contributed by atoms with Gasteiger partial charge in [-0.05, 0) is 30.7 Å². The van der Waals surface area contributed by atoms with Crippen LogP contribution in [0.15, 0.2) is 54.6 Å². The van der Waals surface area contributed by atoms with Gasteiger partial charge in [0.15, 0.2) is 0 Å². The van der Waals surface area contributed by atoms with E-state index in [1.54, 1.807) is 19.1 Å². The number of hydrogen-bond donors (Lipinski definition) is 1. The molecule has 1 N–H and O–H groups in total. The normalized spacial score (nSPS) is 20.0. The molecule has 3 rings (SSSR count). The number of sulfonamides is 1. The maximum atomic E-state index is 12.5. The number of nitrogens with zero attached hydrogens (tertiary/aromatic N) is 1. The Morgan fingerprint density at radius 2 is 1.85 bits per heavy atom. The van der Waals surface area contributed by atoms with E-state index in [0.29, 0.717) is 5.56 Å². The highest BCUT2D eigenvalue weighted by Gasteiger charge is 2.42. The van der Waals surface area contributed by atoms with Crippen molar-refractivity contribution in [3.05, 3.63) is 65.7 Å². The van der Waals surface area contributed by atoms with Crippen molar-refractivity contribution >= 4 is 27.5 Å².